The molecule has 0 fully saturated rings. The number of methoxy groups -OCH3 is 1. The number of nitrogens with two attached hydrogens (primary N) is 1. The molecule has 4 rings (SSSR count). The zero-order valence-corrected chi connectivity index (χ0v) is 31.6. The predicted octanol–water partition coefficient (Wildman–Crippen LogP) is 4.46. The molecule has 3 aromatic carbocycles. The smallest absolute Gasteiger partial charge is 0.261 e. The van der Waals surface area contributed by atoms with Crippen molar-refractivity contribution in [2.45, 2.75) is 65.1 Å². The summed E-state index contributed by atoms with van der Waals surface area (Å²) < 4.78 is 48.6. The van der Waals surface area contributed by atoms with Crippen LogP contribution in [-0.2, 0) is 26.1 Å². The third kappa shape index (κ3) is 14.0. The van der Waals surface area contributed by atoms with Gasteiger partial charge < -0.3 is 40.0 Å². The second-order valence-corrected chi connectivity index (χ2v) is 14.1. The van der Waals surface area contributed by atoms with Gasteiger partial charge in [0, 0.05) is 23.7 Å². The molecular weight excluding hydrogens is 706 g/mol. The first kappa shape index (κ1) is 42.2. The number of anilines is 1. The lowest BCUT2D eigenvalue weighted by Crippen LogP contribution is -2.44. The summed E-state index contributed by atoms with van der Waals surface area (Å²) in [5, 5.41) is 9.76. The maximum Gasteiger partial charge on any atom is 0.261 e. The Balaban J connectivity index is 0.00000141. The van der Waals surface area contributed by atoms with Crippen LogP contribution in [0, 0.1) is 0 Å². The number of ether oxygens (including phenoxy) is 3. The second-order valence-electron chi connectivity index (χ2n) is 12.7. The van der Waals surface area contributed by atoms with Crippen molar-refractivity contribution in [2.24, 2.45) is 5.73 Å². The molecule has 0 saturated carbocycles. The van der Waals surface area contributed by atoms with Gasteiger partial charge in [-0.15, -0.1) is 0 Å². The van der Waals surface area contributed by atoms with Crippen LogP contribution in [0.4, 0.5) is 5.82 Å². The van der Waals surface area contributed by atoms with Crippen LogP contribution in [0.1, 0.15) is 56.5 Å². The molecule has 1 heterocycles. The third-order valence-corrected chi connectivity index (χ3v) is 7.58. The Kier molecular flexibility index (Phi) is 16.1. The number of fused-ring (bicyclic) bond motifs is 1. The van der Waals surface area contributed by atoms with E-state index in [2.05, 4.69) is 15.8 Å². The monoisotopic (exact) mass is 755 g/mol. The molecule has 53 heavy (non-hydrogen) atoms. The molecule has 3 amide bonds. The Morgan fingerprint density at radius 1 is 0.925 bits per heavy atom. The molecule has 1 atom stereocenters. The van der Waals surface area contributed by atoms with Crippen molar-refractivity contribution in [1.82, 2.24) is 15.4 Å². The molecule has 0 saturated heterocycles. The van der Waals surface area contributed by atoms with E-state index in [9.17, 15) is 22.8 Å². The van der Waals surface area contributed by atoms with Gasteiger partial charge >= 0.3 is 0 Å². The highest BCUT2D eigenvalue weighted by molar-refractivity contribution is 7.85. The Morgan fingerprint density at radius 3 is 2.19 bits per heavy atom. The van der Waals surface area contributed by atoms with Crippen LogP contribution in [0.2, 0.25) is 0 Å². The van der Waals surface area contributed by atoms with E-state index in [1.807, 2.05) is 62.9 Å². The van der Waals surface area contributed by atoms with Gasteiger partial charge in [-0.25, -0.2) is 0 Å². The quantitative estimate of drug-likeness (QED) is 0.0869. The van der Waals surface area contributed by atoms with Crippen LogP contribution < -0.4 is 30.6 Å². The van der Waals surface area contributed by atoms with Gasteiger partial charge in [0.25, 0.3) is 16.0 Å². The number of benzene rings is 3. The lowest BCUT2D eigenvalue weighted by Gasteiger charge is -2.31. The van der Waals surface area contributed by atoms with E-state index >= 15 is 0 Å². The number of aromatic nitrogens is 1. The van der Waals surface area contributed by atoms with Gasteiger partial charge in [-0.1, -0.05) is 35.5 Å². The summed E-state index contributed by atoms with van der Waals surface area (Å²) in [6.45, 7) is 8.63. The van der Waals surface area contributed by atoms with Gasteiger partial charge in [-0.3, -0.25) is 18.9 Å². The molecule has 1 aromatic heterocycles. The molecule has 0 spiro atoms. The number of hydrogen-bond acceptors (Lipinski definition) is 11. The average molecular weight is 756 g/mol. The summed E-state index contributed by atoms with van der Waals surface area (Å²) in [5.74, 6) is 0.986. The van der Waals surface area contributed by atoms with Crippen molar-refractivity contribution in [3.8, 4) is 17.2 Å². The highest BCUT2D eigenvalue weighted by Gasteiger charge is 2.23. The van der Waals surface area contributed by atoms with Gasteiger partial charge in [0.1, 0.15) is 5.75 Å². The minimum absolute atomic E-state index is 0.0483. The summed E-state index contributed by atoms with van der Waals surface area (Å²) in [7, 11) is -2.11. The summed E-state index contributed by atoms with van der Waals surface area (Å²) in [4.78, 5) is 39.7. The van der Waals surface area contributed by atoms with E-state index in [0.717, 1.165) is 18.4 Å². The number of amides is 3. The number of carbonyl (C=O) groups is 3. The zero-order chi connectivity index (χ0) is 39.1. The van der Waals surface area contributed by atoms with Gasteiger partial charge in [0.2, 0.25) is 11.8 Å². The number of carbonyl (C=O) groups excluding carboxylic acids is 3. The highest BCUT2D eigenvalue weighted by atomic mass is 32.2. The first-order valence-corrected chi connectivity index (χ1v) is 18.9. The molecule has 288 valence electrons. The molecule has 15 nitrogen and oxygen atoms in total. The molecule has 0 aliphatic rings. The minimum atomic E-state index is -3.67. The summed E-state index contributed by atoms with van der Waals surface area (Å²) >= 11 is 0. The topological polar surface area (TPSA) is 213 Å². The van der Waals surface area contributed by atoms with Crippen LogP contribution in [0.15, 0.2) is 71.3 Å². The number of hydrogen-bond donors (Lipinski definition) is 4. The Labute approximate surface area is 309 Å². The van der Waals surface area contributed by atoms with Crippen molar-refractivity contribution in [1.29, 1.82) is 0 Å². The Morgan fingerprint density at radius 2 is 1.57 bits per heavy atom. The lowest BCUT2D eigenvalue weighted by molar-refractivity contribution is -0.125. The van der Waals surface area contributed by atoms with Crippen LogP contribution in [0.3, 0.4) is 0 Å². The van der Waals surface area contributed by atoms with Gasteiger partial charge in [-0.05, 0) is 82.9 Å². The van der Waals surface area contributed by atoms with E-state index < -0.39 is 28.0 Å². The van der Waals surface area contributed by atoms with Crippen molar-refractivity contribution in [3.05, 3.63) is 77.9 Å². The Hall–Kier alpha value is -5.19. The largest absolute Gasteiger partial charge is 0.493 e. The minimum Gasteiger partial charge on any atom is -0.493 e. The fourth-order valence-electron chi connectivity index (χ4n) is 5.24. The lowest BCUT2D eigenvalue weighted by atomic mass is 10.1. The van der Waals surface area contributed by atoms with E-state index in [1.165, 1.54) is 0 Å². The maximum atomic E-state index is 13.1. The number of nitrogens with one attached hydrogen (secondary N) is 2. The predicted molar refractivity (Wildman–Crippen MR) is 201 cm³/mol. The number of nitrogens with zero attached hydrogens (tertiary/aromatic N) is 2. The van der Waals surface area contributed by atoms with Crippen LogP contribution >= 0.6 is 0 Å². The van der Waals surface area contributed by atoms with Gasteiger partial charge in [0.05, 0.1) is 44.6 Å². The van der Waals surface area contributed by atoms with E-state index in [-0.39, 0.29) is 30.4 Å². The summed E-state index contributed by atoms with van der Waals surface area (Å²) in [5.41, 5.74) is 7.92. The van der Waals surface area contributed by atoms with E-state index in [4.69, 9.17) is 29.0 Å². The van der Waals surface area contributed by atoms with Crippen molar-refractivity contribution < 1.29 is 46.1 Å². The zero-order valence-electron chi connectivity index (χ0n) is 30.8. The van der Waals surface area contributed by atoms with Crippen LogP contribution in [-0.4, -0.2) is 92.0 Å². The molecule has 0 bridgehead atoms. The maximum absolute atomic E-state index is 13.1. The summed E-state index contributed by atoms with van der Waals surface area (Å²) in [6.07, 6.45) is 2.54. The average Bonchev–Trinajstić information content (AvgIpc) is 3.49. The van der Waals surface area contributed by atoms with Crippen LogP contribution in [0.5, 0.6) is 17.2 Å². The normalized spacial score (nSPS) is 11.7. The van der Waals surface area contributed by atoms with Gasteiger partial charge in [-0.2, -0.15) is 8.42 Å². The van der Waals surface area contributed by atoms with Crippen molar-refractivity contribution in [3.63, 3.8) is 0 Å². The first-order valence-electron chi connectivity index (χ1n) is 17.0. The fraction of sp³-hybridized carbons (Fsp3) is 0.405. The molecule has 5 N–H and O–H groups in total. The van der Waals surface area contributed by atoms with Crippen LogP contribution in [0.25, 0.3) is 11.0 Å². The van der Waals surface area contributed by atoms with E-state index in [0.29, 0.717) is 59.7 Å². The molecule has 0 unspecified atom stereocenters. The number of rotatable bonds is 17. The second kappa shape index (κ2) is 20.2. The SMILES string of the molecule is COc1cc(C(=O)N(C(C)C)C(C)C)ccc1OCCCCOc1ccc2c(NC(=O)CNC(=O)[C@@H](N)Cc3ccccc3)noc2c1.CS(=O)(=O)O. The fourth-order valence-corrected chi connectivity index (χ4v) is 5.24. The molecule has 0 aliphatic carbocycles. The van der Waals surface area contributed by atoms with Crippen molar-refractivity contribution >= 4 is 44.6 Å². The molecule has 0 radical (unpaired) electrons. The molecular formula is C37H49N5O10S. The van der Waals surface area contributed by atoms with E-state index in [1.54, 1.807) is 43.5 Å². The third-order valence-electron chi connectivity index (χ3n) is 7.58. The van der Waals surface area contributed by atoms with Gasteiger partial charge in [0.15, 0.2) is 22.9 Å². The highest BCUT2D eigenvalue weighted by Crippen LogP contribution is 2.30. The standard InChI is InChI=1S/C36H45N5O7.CH4O3S/c1-23(2)41(24(3)4)36(44)26-13-16-30(32(20-26)45-5)47-18-10-9-17-46-27-14-15-28-31(21-27)48-40-34(28)39-33(42)22-38-35(43)29(37)19-25-11-7-6-8-12-25;1-5(2,3)4/h6-8,11-16,20-21,23-24,29H,9-10,17-19,22,37H2,1-5H3,(H,38,43)(H,39,40,42);1H3,(H,2,3,4)/t29-;/m0./s1. The molecule has 4 aromatic rings. The van der Waals surface area contributed by atoms with Crippen molar-refractivity contribution in [2.75, 3.05) is 38.4 Å². The number of unbranched alkanes of at least 4 members (excludes halogenated alkanes) is 1. The molecule has 16 heteroatoms. The molecule has 0 aliphatic heterocycles. The summed E-state index contributed by atoms with van der Waals surface area (Å²) in [6, 6.07) is 19.3. The first-order chi connectivity index (χ1) is 25.1. The Bertz CT molecular complexity index is 1900.